The van der Waals surface area contributed by atoms with Gasteiger partial charge in [0.1, 0.15) is 5.82 Å². The number of carbonyl (C=O) groups is 1. The van der Waals surface area contributed by atoms with Gasteiger partial charge in [-0.05, 0) is 60.9 Å². The van der Waals surface area contributed by atoms with Crippen LogP contribution in [0.2, 0.25) is 0 Å². The van der Waals surface area contributed by atoms with Gasteiger partial charge in [-0.15, -0.1) is 0 Å². The van der Waals surface area contributed by atoms with Crippen molar-refractivity contribution in [1.29, 1.82) is 0 Å². The average molecular weight is 502 g/mol. The number of rotatable bonds is 6. The van der Waals surface area contributed by atoms with Crippen LogP contribution in [0.1, 0.15) is 39.5 Å². The lowest BCUT2D eigenvalue weighted by Gasteiger charge is -2.18. The molecule has 1 unspecified atom stereocenters. The van der Waals surface area contributed by atoms with Crippen LogP contribution in [-0.4, -0.2) is 48.6 Å². The van der Waals surface area contributed by atoms with E-state index in [1.165, 1.54) is 11.6 Å². The Balaban J connectivity index is 1.29. The number of aromatic nitrogens is 3. The summed E-state index contributed by atoms with van der Waals surface area (Å²) in [5, 5.41) is 3.76. The predicted octanol–water partition coefficient (Wildman–Crippen LogP) is 3.66. The van der Waals surface area contributed by atoms with Crippen molar-refractivity contribution in [3.8, 4) is 0 Å². The van der Waals surface area contributed by atoms with Crippen molar-refractivity contribution in [3.63, 3.8) is 0 Å². The van der Waals surface area contributed by atoms with Crippen molar-refractivity contribution < 1.29 is 13.2 Å². The molecule has 1 aliphatic rings. The van der Waals surface area contributed by atoms with Gasteiger partial charge >= 0.3 is 0 Å². The van der Waals surface area contributed by atoms with Gasteiger partial charge in [0.05, 0.1) is 22.7 Å². The van der Waals surface area contributed by atoms with Gasteiger partial charge in [-0.1, -0.05) is 12.1 Å². The zero-order valence-electron chi connectivity index (χ0n) is 20.2. The molecular weight excluding hydrogens is 474 g/mol. The lowest BCUT2D eigenvalue weighted by atomic mass is 10.0. The highest BCUT2D eigenvalue weighted by atomic mass is 32.2. The molecule has 1 atom stereocenters. The molecule has 9 heteroatoms. The van der Waals surface area contributed by atoms with Crippen molar-refractivity contribution in [2.24, 2.45) is 0 Å². The van der Waals surface area contributed by atoms with Gasteiger partial charge in [0.15, 0.2) is 9.84 Å². The molecule has 1 aromatic carbocycles. The summed E-state index contributed by atoms with van der Waals surface area (Å²) >= 11 is 0. The predicted molar refractivity (Wildman–Crippen MR) is 139 cm³/mol. The van der Waals surface area contributed by atoms with E-state index in [2.05, 4.69) is 26.3 Å². The molecule has 5 rings (SSSR count). The minimum Gasteiger partial charge on any atom is -0.356 e. The van der Waals surface area contributed by atoms with E-state index in [0.717, 1.165) is 42.5 Å². The second kappa shape index (κ2) is 9.66. The lowest BCUT2D eigenvalue weighted by molar-refractivity contribution is 0.0950. The van der Waals surface area contributed by atoms with Gasteiger partial charge in [0.2, 0.25) is 0 Å². The maximum Gasteiger partial charge on any atom is 0.251 e. The molecule has 1 saturated heterocycles. The second-order valence-corrected chi connectivity index (χ2v) is 11.2. The molecule has 1 N–H and O–H groups in total. The number of hydrogen-bond donors (Lipinski definition) is 1. The fourth-order valence-corrected chi connectivity index (χ4v) is 5.59. The normalized spacial score (nSPS) is 15.8. The number of anilines is 1. The number of benzene rings is 1. The summed E-state index contributed by atoms with van der Waals surface area (Å²) in [6, 6.07) is 14.7. The van der Waals surface area contributed by atoms with E-state index in [1.54, 1.807) is 31.5 Å². The maximum atomic E-state index is 12.7. The molecule has 4 aromatic rings. The van der Waals surface area contributed by atoms with Gasteiger partial charge in [0, 0.05) is 54.8 Å². The number of fused-ring (bicyclic) bond motifs is 1. The number of sulfone groups is 1. The monoisotopic (exact) mass is 501 g/mol. The molecule has 0 radical (unpaired) electrons. The first-order valence-corrected chi connectivity index (χ1v) is 13.7. The van der Waals surface area contributed by atoms with Crippen LogP contribution in [0, 0.1) is 6.92 Å². The van der Waals surface area contributed by atoms with Crippen LogP contribution in [0.15, 0.2) is 72.0 Å². The largest absolute Gasteiger partial charge is 0.356 e. The van der Waals surface area contributed by atoms with E-state index in [1.807, 2.05) is 30.5 Å². The zero-order chi connectivity index (χ0) is 25.3. The molecule has 4 heterocycles. The van der Waals surface area contributed by atoms with E-state index in [9.17, 15) is 13.2 Å². The molecule has 8 nitrogen and oxygen atoms in total. The molecule has 3 aromatic heterocycles. The average Bonchev–Trinajstić information content (AvgIpc) is 3.37. The van der Waals surface area contributed by atoms with Crippen LogP contribution in [0.5, 0.6) is 0 Å². The molecule has 0 aliphatic carbocycles. The minimum atomic E-state index is -3.42. The Morgan fingerprint density at radius 3 is 2.78 bits per heavy atom. The van der Waals surface area contributed by atoms with Crippen LogP contribution in [0.25, 0.3) is 10.9 Å². The number of carbonyl (C=O) groups excluding carboxylic acids is 1. The van der Waals surface area contributed by atoms with Crippen LogP contribution in [0.3, 0.4) is 0 Å². The minimum absolute atomic E-state index is 0.156. The van der Waals surface area contributed by atoms with E-state index in [0.29, 0.717) is 22.7 Å². The summed E-state index contributed by atoms with van der Waals surface area (Å²) in [6.07, 6.45) is 7.68. The first kappa shape index (κ1) is 23.9. The standard InChI is InChI=1S/C27H27N5O3S/c1-18-5-6-19(12-25(18)36(2,34)35)27(33)30-16-23-13-24-21(15-29-23)7-8-26(31-24)32-11-9-22(17-32)20-4-3-10-28-14-20/h3-8,10,12-15,22H,9,11,16-17H2,1-2H3,(H,30,33). The van der Waals surface area contributed by atoms with E-state index < -0.39 is 9.84 Å². The van der Waals surface area contributed by atoms with Crippen molar-refractivity contribution in [3.05, 3.63) is 89.5 Å². The quantitative estimate of drug-likeness (QED) is 0.430. The second-order valence-electron chi connectivity index (χ2n) is 9.19. The molecule has 0 bridgehead atoms. The fourth-order valence-electron chi connectivity index (χ4n) is 4.59. The van der Waals surface area contributed by atoms with E-state index in [4.69, 9.17) is 4.98 Å². The summed E-state index contributed by atoms with van der Waals surface area (Å²) in [5.74, 6) is 0.995. The Morgan fingerprint density at radius 2 is 2.00 bits per heavy atom. The van der Waals surface area contributed by atoms with Crippen molar-refractivity contribution in [1.82, 2.24) is 20.3 Å². The molecule has 1 amide bonds. The summed E-state index contributed by atoms with van der Waals surface area (Å²) < 4.78 is 24.0. The van der Waals surface area contributed by atoms with Crippen LogP contribution in [0.4, 0.5) is 5.82 Å². The van der Waals surface area contributed by atoms with Gasteiger partial charge in [-0.25, -0.2) is 13.4 Å². The number of nitrogens with zero attached hydrogens (tertiary/aromatic N) is 4. The zero-order valence-corrected chi connectivity index (χ0v) is 21.0. The summed E-state index contributed by atoms with van der Waals surface area (Å²) in [4.78, 5) is 28.7. The third-order valence-corrected chi connectivity index (χ3v) is 7.80. The molecule has 0 saturated carbocycles. The highest BCUT2D eigenvalue weighted by Gasteiger charge is 2.25. The molecular formula is C27H27N5O3S. The van der Waals surface area contributed by atoms with Crippen LogP contribution >= 0.6 is 0 Å². The Morgan fingerprint density at radius 1 is 1.14 bits per heavy atom. The molecule has 1 fully saturated rings. The first-order valence-electron chi connectivity index (χ1n) is 11.8. The van der Waals surface area contributed by atoms with Crippen LogP contribution < -0.4 is 10.2 Å². The third kappa shape index (κ3) is 5.06. The fraction of sp³-hybridized carbons (Fsp3) is 0.259. The summed E-state index contributed by atoms with van der Waals surface area (Å²) in [5.41, 5.74) is 3.63. The number of hydrogen-bond acceptors (Lipinski definition) is 7. The maximum absolute atomic E-state index is 12.7. The Hall–Kier alpha value is -3.85. The van der Waals surface area contributed by atoms with Gasteiger partial charge < -0.3 is 10.2 Å². The number of amides is 1. The number of nitrogens with one attached hydrogen (secondary N) is 1. The first-order chi connectivity index (χ1) is 17.3. The molecule has 0 spiro atoms. The van der Waals surface area contributed by atoms with E-state index in [-0.39, 0.29) is 17.3 Å². The molecule has 1 aliphatic heterocycles. The Bertz CT molecular complexity index is 1540. The topological polar surface area (TPSA) is 105 Å². The summed E-state index contributed by atoms with van der Waals surface area (Å²) in [7, 11) is -3.42. The van der Waals surface area contributed by atoms with E-state index >= 15 is 0 Å². The lowest BCUT2D eigenvalue weighted by Crippen LogP contribution is -2.23. The molecule has 184 valence electrons. The highest BCUT2D eigenvalue weighted by molar-refractivity contribution is 7.90. The third-order valence-electron chi connectivity index (χ3n) is 6.56. The van der Waals surface area contributed by atoms with Crippen molar-refractivity contribution in [2.45, 2.75) is 30.7 Å². The number of pyridine rings is 3. The van der Waals surface area contributed by atoms with Gasteiger partial charge in [-0.3, -0.25) is 14.8 Å². The SMILES string of the molecule is Cc1ccc(C(=O)NCc2cc3nc(N4CCC(c5cccnc5)C4)ccc3cn2)cc1S(C)(=O)=O. The van der Waals surface area contributed by atoms with Crippen molar-refractivity contribution >= 4 is 32.5 Å². The van der Waals surface area contributed by atoms with Gasteiger partial charge in [0.25, 0.3) is 5.91 Å². The number of aryl methyl sites for hydroxylation is 1. The molecule has 36 heavy (non-hydrogen) atoms. The Labute approximate surface area is 210 Å². The van der Waals surface area contributed by atoms with Crippen molar-refractivity contribution in [2.75, 3.05) is 24.2 Å². The summed E-state index contributed by atoms with van der Waals surface area (Å²) in [6.45, 7) is 3.73. The van der Waals surface area contributed by atoms with Gasteiger partial charge in [-0.2, -0.15) is 0 Å². The van der Waals surface area contributed by atoms with Crippen LogP contribution in [-0.2, 0) is 16.4 Å². The highest BCUT2D eigenvalue weighted by Crippen LogP contribution is 2.30. The Kier molecular flexibility index (Phi) is 6.40. The smallest absolute Gasteiger partial charge is 0.251 e.